The summed E-state index contributed by atoms with van der Waals surface area (Å²) in [5.41, 5.74) is 5.49. The van der Waals surface area contributed by atoms with Gasteiger partial charge in [-0.1, -0.05) is 35.9 Å². The van der Waals surface area contributed by atoms with Crippen molar-refractivity contribution in [1.82, 2.24) is 0 Å². The Hall–Kier alpha value is -2.85. The van der Waals surface area contributed by atoms with E-state index in [2.05, 4.69) is 43.5 Å². The van der Waals surface area contributed by atoms with E-state index in [9.17, 15) is 0 Å². The van der Waals surface area contributed by atoms with Gasteiger partial charge in [-0.25, -0.2) is 0 Å². The van der Waals surface area contributed by atoms with E-state index in [-0.39, 0.29) is 0 Å². The van der Waals surface area contributed by atoms with Crippen molar-refractivity contribution in [3.63, 3.8) is 0 Å². The fourth-order valence-electron chi connectivity index (χ4n) is 2.64. The molecular formula is C22H22N2OS. The molecular weight excluding hydrogens is 340 g/mol. The van der Waals surface area contributed by atoms with Crippen LogP contribution in [-0.4, -0.2) is 5.11 Å². The van der Waals surface area contributed by atoms with E-state index in [1.54, 1.807) is 0 Å². The van der Waals surface area contributed by atoms with Gasteiger partial charge >= 0.3 is 0 Å². The number of thiocarbonyl (C=S) groups is 1. The molecule has 0 atom stereocenters. The van der Waals surface area contributed by atoms with E-state index in [4.69, 9.17) is 17.0 Å². The average molecular weight is 362 g/mol. The second-order valence-corrected chi connectivity index (χ2v) is 6.69. The summed E-state index contributed by atoms with van der Waals surface area (Å²) in [4.78, 5) is 0. The van der Waals surface area contributed by atoms with Crippen LogP contribution in [0, 0.1) is 20.8 Å². The summed E-state index contributed by atoms with van der Waals surface area (Å²) in [5.74, 6) is 1.61. The van der Waals surface area contributed by atoms with Crippen molar-refractivity contribution in [2.45, 2.75) is 20.8 Å². The number of nitrogens with one attached hydrogen (secondary N) is 2. The molecule has 0 unspecified atom stereocenters. The van der Waals surface area contributed by atoms with Crippen LogP contribution in [0.4, 0.5) is 11.4 Å². The summed E-state index contributed by atoms with van der Waals surface area (Å²) in [6.07, 6.45) is 0. The van der Waals surface area contributed by atoms with Crippen molar-refractivity contribution in [3.8, 4) is 11.5 Å². The zero-order chi connectivity index (χ0) is 18.5. The van der Waals surface area contributed by atoms with Crippen LogP contribution in [0.25, 0.3) is 0 Å². The average Bonchev–Trinajstić information content (AvgIpc) is 2.62. The Balaban J connectivity index is 1.62. The zero-order valence-electron chi connectivity index (χ0n) is 15.2. The Labute approximate surface area is 160 Å². The number of hydrogen-bond donors (Lipinski definition) is 2. The van der Waals surface area contributed by atoms with E-state index >= 15 is 0 Å². The van der Waals surface area contributed by atoms with Crippen LogP contribution in [0.1, 0.15) is 16.7 Å². The molecule has 0 aliphatic heterocycles. The first-order valence-electron chi connectivity index (χ1n) is 8.50. The number of para-hydroxylation sites is 1. The molecule has 0 aromatic heterocycles. The standard InChI is InChI=1S/C22H22N2OS/c1-15-7-11-19(12-8-15)25-20-13-9-18(10-14-20)23-22(26)24-21-16(2)5-4-6-17(21)3/h4-14H,1-3H3,(H2,23,24,26). The minimum Gasteiger partial charge on any atom is -0.457 e. The topological polar surface area (TPSA) is 33.3 Å². The number of ether oxygens (including phenoxy) is 1. The minimum absolute atomic E-state index is 0.564. The van der Waals surface area contributed by atoms with E-state index in [0.29, 0.717) is 5.11 Å². The molecule has 0 bridgehead atoms. The van der Waals surface area contributed by atoms with Gasteiger partial charge in [0.1, 0.15) is 11.5 Å². The lowest BCUT2D eigenvalue weighted by Crippen LogP contribution is -2.20. The molecule has 0 aliphatic rings. The van der Waals surface area contributed by atoms with Crippen LogP contribution in [-0.2, 0) is 0 Å². The van der Waals surface area contributed by atoms with Crippen molar-refractivity contribution < 1.29 is 4.74 Å². The van der Waals surface area contributed by atoms with Gasteiger partial charge in [-0.05, 0) is 80.5 Å². The van der Waals surface area contributed by atoms with Crippen LogP contribution >= 0.6 is 12.2 Å². The molecule has 3 nitrogen and oxygen atoms in total. The van der Waals surface area contributed by atoms with Crippen LogP contribution in [0.5, 0.6) is 11.5 Å². The van der Waals surface area contributed by atoms with Crippen LogP contribution in [0.2, 0.25) is 0 Å². The second-order valence-electron chi connectivity index (χ2n) is 6.29. The maximum absolute atomic E-state index is 5.84. The molecule has 2 N–H and O–H groups in total. The van der Waals surface area contributed by atoms with Crippen LogP contribution < -0.4 is 15.4 Å². The lowest BCUT2D eigenvalue weighted by Gasteiger charge is -2.15. The van der Waals surface area contributed by atoms with Crippen LogP contribution in [0.15, 0.2) is 66.7 Å². The highest BCUT2D eigenvalue weighted by Gasteiger charge is 2.05. The van der Waals surface area contributed by atoms with E-state index in [0.717, 1.165) is 34.0 Å². The number of aryl methyl sites for hydroxylation is 3. The molecule has 0 fully saturated rings. The van der Waals surface area contributed by atoms with Gasteiger partial charge in [-0.15, -0.1) is 0 Å². The minimum atomic E-state index is 0.564. The largest absolute Gasteiger partial charge is 0.457 e. The Bertz CT molecular complexity index is 882. The molecule has 0 saturated heterocycles. The van der Waals surface area contributed by atoms with Gasteiger partial charge in [0.2, 0.25) is 0 Å². The SMILES string of the molecule is Cc1ccc(Oc2ccc(NC(=S)Nc3c(C)cccc3C)cc2)cc1. The smallest absolute Gasteiger partial charge is 0.175 e. The first-order valence-corrected chi connectivity index (χ1v) is 8.91. The fourth-order valence-corrected chi connectivity index (χ4v) is 2.86. The van der Waals surface area contributed by atoms with Gasteiger partial charge in [0.05, 0.1) is 0 Å². The molecule has 4 heteroatoms. The third-order valence-corrected chi connectivity index (χ3v) is 4.29. The predicted molar refractivity (Wildman–Crippen MR) is 113 cm³/mol. The summed E-state index contributed by atoms with van der Waals surface area (Å²) in [5, 5.41) is 7.05. The third-order valence-electron chi connectivity index (χ3n) is 4.09. The molecule has 0 heterocycles. The normalized spacial score (nSPS) is 10.3. The Morgan fingerprint density at radius 2 is 1.27 bits per heavy atom. The maximum Gasteiger partial charge on any atom is 0.175 e. The molecule has 0 radical (unpaired) electrons. The second kappa shape index (κ2) is 8.02. The summed E-state index contributed by atoms with van der Waals surface area (Å²) < 4.78 is 5.84. The molecule has 3 aromatic rings. The summed E-state index contributed by atoms with van der Waals surface area (Å²) >= 11 is 5.43. The van der Waals surface area contributed by atoms with Gasteiger partial charge in [0.25, 0.3) is 0 Å². The summed E-state index contributed by atoms with van der Waals surface area (Å²) in [6.45, 7) is 6.18. The van der Waals surface area contributed by atoms with Gasteiger partial charge in [-0.3, -0.25) is 0 Å². The van der Waals surface area contributed by atoms with E-state index in [1.807, 2.05) is 54.6 Å². The van der Waals surface area contributed by atoms with Crippen molar-refractivity contribution in [3.05, 3.63) is 83.4 Å². The molecule has 0 amide bonds. The van der Waals surface area contributed by atoms with Crippen molar-refractivity contribution in [2.75, 3.05) is 10.6 Å². The lowest BCUT2D eigenvalue weighted by atomic mass is 10.1. The lowest BCUT2D eigenvalue weighted by molar-refractivity contribution is 0.482. The van der Waals surface area contributed by atoms with Crippen molar-refractivity contribution in [2.24, 2.45) is 0 Å². The molecule has 26 heavy (non-hydrogen) atoms. The predicted octanol–water partition coefficient (Wildman–Crippen LogP) is 6.21. The zero-order valence-corrected chi connectivity index (χ0v) is 16.0. The number of rotatable bonds is 4. The van der Waals surface area contributed by atoms with Crippen LogP contribution in [0.3, 0.4) is 0 Å². The number of benzene rings is 3. The molecule has 3 aromatic carbocycles. The first-order chi connectivity index (χ1) is 12.5. The third kappa shape index (κ3) is 4.61. The molecule has 0 saturated carbocycles. The molecule has 0 spiro atoms. The number of anilines is 2. The first kappa shape index (κ1) is 18.0. The van der Waals surface area contributed by atoms with Crippen molar-refractivity contribution in [1.29, 1.82) is 0 Å². The Kier molecular flexibility index (Phi) is 5.54. The van der Waals surface area contributed by atoms with Gasteiger partial charge in [0.15, 0.2) is 5.11 Å². The number of hydrogen-bond acceptors (Lipinski definition) is 2. The highest BCUT2D eigenvalue weighted by Crippen LogP contribution is 2.24. The van der Waals surface area contributed by atoms with Crippen molar-refractivity contribution >= 4 is 28.7 Å². The fraction of sp³-hybridized carbons (Fsp3) is 0.136. The Morgan fingerprint density at radius 3 is 1.85 bits per heavy atom. The van der Waals surface area contributed by atoms with E-state index in [1.165, 1.54) is 5.56 Å². The van der Waals surface area contributed by atoms with Gasteiger partial charge < -0.3 is 15.4 Å². The monoisotopic (exact) mass is 362 g/mol. The quantitative estimate of drug-likeness (QED) is 0.540. The molecule has 3 rings (SSSR count). The highest BCUT2D eigenvalue weighted by atomic mass is 32.1. The maximum atomic E-state index is 5.84. The highest BCUT2D eigenvalue weighted by molar-refractivity contribution is 7.80. The summed E-state index contributed by atoms with van der Waals surface area (Å²) in [7, 11) is 0. The van der Waals surface area contributed by atoms with E-state index < -0.39 is 0 Å². The van der Waals surface area contributed by atoms with Gasteiger partial charge in [0, 0.05) is 11.4 Å². The Morgan fingerprint density at radius 1 is 0.731 bits per heavy atom. The summed E-state index contributed by atoms with van der Waals surface area (Å²) in [6, 6.07) is 21.9. The molecule has 0 aliphatic carbocycles. The van der Waals surface area contributed by atoms with Gasteiger partial charge in [-0.2, -0.15) is 0 Å². The molecule has 132 valence electrons.